The van der Waals surface area contributed by atoms with Crippen molar-refractivity contribution in [2.24, 2.45) is 0 Å². The molecule has 1 aromatic rings. The first-order valence-corrected chi connectivity index (χ1v) is 6.48. The molecule has 0 bridgehead atoms. The Morgan fingerprint density at radius 3 is 3.00 bits per heavy atom. The molecule has 1 fully saturated rings. The van der Waals surface area contributed by atoms with Gasteiger partial charge in [-0.15, -0.1) is 0 Å². The predicted octanol–water partition coefficient (Wildman–Crippen LogP) is 0.402. The lowest BCUT2D eigenvalue weighted by molar-refractivity contribution is -0.149. The first kappa shape index (κ1) is 14.3. The molecule has 0 aliphatic carbocycles. The molecule has 8 nitrogen and oxygen atoms in total. The molecule has 0 aromatic carbocycles. The number of carboxylic acids is 1. The Balaban J connectivity index is 1.69. The average Bonchev–Trinajstić information content (AvgIpc) is 3.07. The van der Waals surface area contributed by atoms with Crippen molar-refractivity contribution in [2.45, 2.75) is 38.0 Å². The van der Waals surface area contributed by atoms with Gasteiger partial charge in [0.05, 0.1) is 12.1 Å². The Kier molecular flexibility index (Phi) is 4.57. The number of H-pyrrole nitrogens is 1. The Bertz CT molecular complexity index is 462. The zero-order valence-corrected chi connectivity index (χ0v) is 11.1. The van der Waals surface area contributed by atoms with Crippen LogP contribution in [0.3, 0.4) is 0 Å². The van der Waals surface area contributed by atoms with Crippen LogP contribution in [0.5, 0.6) is 0 Å². The van der Waals surface area contributed by atoms with Gasteiger partial charge in [-0.2, -0.15) is 0 Å². The summed E-state index contributed by atoms with van der Waals surface area (Å²) < 4.78 is 5.29. The van der Waals surface area contributed by atoms with E-state index in [9.17, 15) is 9.59 Å². The van der Waals surface area contributed by atoms with E-state index in [2.05, 4.69) is 20.6 Å². The molecular formula is C12H18N4O4. The summed E-state index contributed by atoms with van der Waals surface area (Å²) in [5.74, 6) is -0.286. The van der Waals surface area contributed by atoms with Crippen molar-refractivity contribution in [1.82, 2.24) is 20.6 Å². The van der Waals surface area contributed by atoms with Crippen LogP contribution in [0.1, 0.15) is 31.6 Å². The average molecular weight is 282 g/mol. The second-order valence-electron chi connectivity index (χ2n) is 4.71. The molecular weight excluding hydrogens is 264 g/mol. The maximum absolute atomic E-state index is 11.7. The Morgan fingerprint density at radius 1 is 1.60 bits per heavy atom. The monoisotopic (exact) mass is 282 g/mol. The summed E-state index contributed by atoms with van der Waals surface area (Å²) >= 11 is 0. The fraction of sp³-hybridized carbons (Fsp3) is 0.583. The smallest absolute Gasteiger partial charge is 0.332 e. The van der Waals surface area contributed by atoms with Crippen molar-refractivity contribution in [3.05, 3.63) is 18.2 Å². The topological polar surface area (TPSA) is 116 Å². The number of aromatic nitrogens is 2. The van der Waals surface area contributed by atoms with Crippen LogP contribution in [-0.4, -0.2) is 45.8 Å². The van der Waals surface area contributed by atoms with Crippen LogP contribution < -0.4 is 10.6 Å². The van der Waals surface area contributed by atoms with Crippen LogP contribution >= 0.6 is 0 Å². The predicted molar refractivity (Wildman–Crippen MR) is 69.1 cm³/mol. The summed E-state index contributed by atoms with van der Waals surface area (Å²) in [5, 5.41) is 14.2. The summed E-state index contributed by atoms with van der Waals surface area (Å²) in [6.07, 6.45) is 3.40. The SMILES string of the molecule is CC(NC(=O)NCC1CCC(C(=O)O)O1)c1ncc[nH]1. The van der Waals surface area contributed by atoms with E-state index >= 15 is 0 Å². The highest BCUT2D eigenvalue weighted by Gasteiger charge is 2.30. The summed E-state index contributed by atoms with van der Waals surface area (Å²) in [6.45, 7) is 2.10. The lowest BCUT2D eigenvalue weighted by atomic mass is 10.2. The van der Waals surface area contributed by atoms with Crippen molar-refractivity contribution in [2.75, 3.05) is 6.54 Å². The highest BCUT2D eigenvalue weighted by atomic mass is 16.5. The Morgan fingerprint density at radius 2 is 2.40 bits per heavy atom. The molecule has 0 radical (unpaired) electrons. The minimum absolute atomic E-state index is 0.235. The molecule has 2 rings (SSSR count). The van der Waals surface area contributed by atoms with Gasteiger partial charge in [-0.25, -0.2) is 14.6 Å². The summed E-state index contributed by atoms with van der Waals surface area (Å²) in [6, 6.07) is -0.572. The number of carbonyl (C=O) groups is 2. The molecule has 110 valence electrons. The van der Waals surface area contributed by atoms with Crippen LogP contribution in [0, 0.1) is 0 Å². The zero-order valence-electron chi connectivity index (χ0n) is 11.1. The second kappa shape index (κ2) is 6.38. The lowest BCUT2D eigenvalue weighted by Gasteiger charge is -2.15. The first-order valence-electron chi connectivity index (χ1n) is 6.48. The number of aromatic amines is 1. The highest BCUT2D eigenvalue weighted by Crippen LogP contribution is 2.19. The van der Waals surface area contributed by atoms with Gasteiger partial charge in [0, 0.05) is 18.9 Å². The molecule has 2 heterocycles. The van der Waals surface area contributed by atoms with Gasteiger partial charge in [0.15, 0.2) is 6.10 Å². The minimum Gasteiger partial charge on any atom is -0.479 e. The highest BCUT2D eigenvalue weighted by molar-refractivity contribution is 5.74. The number of aliphatic carboxylic acids is 1. The third kappa shape index (κ3) is 3.70. The number of carbonyl (C=O) groups excluding carboxylic acids is 1. The molecule has 4 N–H and O–H groups in total. The number of nitrogens with zero attached hydrogens (tertiary/aromatic N) is 1. The molecule has 2 amide bonds. The fourth-order valence-corrected chi connectivity index (χ4v) is 2.07. The van der Waals surface area contributed by atoms with Gasteiger partial charge >= 0.3 is 12.0 Å². The number of amides is 2. The number of imidazole rings is 1. The normalized spacial score (nSPS) is 23.2. The van der Waals surface area contributed by atoms with Gasteiger partial charge in [-0.05, 0) is 19.8 Å². The van der Waals surface area contributed by atoms with Gasteiger partial charge in [0.25, 0.3) is 0 Å². The second-order valence-corrected chi connectivity index (χ2v) is 4.71. The van der Waals surface area contributed by atoms with E-state index < -0.39 is 12.1 Å². The van der Waals surface area contributed by atoms with Crippen molar-refractivity contribution < 1.29 is 19.4 Å². The molecule has 1 aromatic heterocycles. The summed E-state index contributed by atoms with van der Waals surface area (Å²) in [5.41, 5.74) is 0. The molecule has 1 aliphatic heterocycles. The van der Waals surface area contributed by atoms with E-state index in [-0.39, 0.29) is 18.2 Å². The van der Waals surface area contributed by atoms with Gasteiger partial charge in [0.1, 0.15) is 5.82 Å². The number of nitrogens with one attached hydrogen (secondary N) is 3. The maximum atomic E-state index is 11.7. The van der Waals surface area contributed by atoms with E-state index in [1.165, 1.54) is 0 Å². The van der Waals surface area contributed by atoms with Crippen LogP contribution in [0.25, 0.3) is 0 Å². The van der Waals surface area contributed by atoms with Gasteiger partial charge < -0.3 is 25.5 Å². The van der Waals surface area contributed by atoms with Crippen LogP contribution in [0.15, 0.2) is 12.4 Å². The number of hydrogen-bond acceptors (Lipinski definition) is 4. The zero-order chi connectivity index (χ0) is 14.5. The third-order valence-electron chi connectivity index (χ3n) is 3.15. The van der Waals surface area contributed by atoms with E-state index in [0.29, 0.717) is 25.2 Å². The largest absolute Gasteiger partial charge is 0.479 e. The molecule has 1 saturated heterocycles. The summed E-state index contributed by atoms with van der Waals surface area (Å²) in [4.78, 5) is 29.4. The summed E-state index contributed by atoms with van der Waals surface area (Å²) in [7, 11) is 0. The minimum atomic E-state index is -0.955. The molecule has 3 unspecified atom stereocenters. The van der Waals surface area contributed by atoms with E-state index in [4.69, 9.17) is 9.84 Å². The number of ether oxygens (including phenoxy) is 1. The first-order chi connectivity index (χ1) is 9.56. The van der Waals surface area contributed by atoms with E-state index in [1.54, 1.807) is 12.4 Å². The van der Waals surface area contributed by atoms with Crippen LogP contribution in [-0.2, 0) is 9.53 Å². The lowest BCUT2D eigenvalue weighted by Crippen LogP contribution is -2.41. The van der Waals surface area contributed by atoms with Gasteiger partial charge in [-0.1, -0.05) is 0 Å². The van der Waals surface area contributed by atoms with Gasteiger partial charge in [0.2, 0.25) is 0 Å². The van der Waals surface area contributed by atoms with Crippen molar-refractivity contribution in [1.29, 1.82) is 0 Å². The fourth-order valence-electron chi connectivity index (χ4n) is 2.07. The number of carboxylic acid groups (broad SMARTS) is 1. The molecule has 3 atom stereocenters. The van der Waals surface area contributed by atoms with Crippen LogP contribution in [0.2, 0.25) is 0 Å². The Labute approximate surface area is 115 Å². The maximum Gasteiger partial charge on any atom is 0.332 e. The molecule has 1 aliphatic rings. The van der Waals surface area contributed by atoms with Crippen molar-refractivity contribution in [3.8, 4) is 0 Å². The van der Waals surface area contributed by atoms with Crippen molar-refractivity contribution in [3.63, 3.8) is 0 Å². The molecule has 20 heavy (non-hydrogen) atoms. The third-order valence-corrected chi connectivity index (χ3v) is 3.15. The molecule has 0 saturated carbocycles. The number of rotatable bonds is 5. The molecule has 0 spiro atoms. The van der Waals surface area contributed by atoms with E-state index in [0.717, 1.165) is 0 Å². The number of hydrogen-bond donors (Lipinski definition) is 4. The quantitative estimate of drug-likeness (QED) is 0.624. The van der Waals surface area contributed by atoms with E-state index in [1.807, 2.05) is 6.92 Å². The Hall–Kier alpha value is -2.09. The standard InChI is InChI=1S/C12H18N4O4/c1-7(10-13-4-5-14-10)16-12(19)15-6-8-2-3-9(20-8)11(17)18/h4-5,7-9H,2-3,6H2,1H3,(H,13,14)(H,17,18)(H2,15,16,19). The van der Waals surface area contributed by atoms with Crippen molar-refractivity contribution >= 4 is 12.0 Å². The van der Waals surface area contributed by atoms with Gasteiger partial charge in [-0.3, -0.25) is 0 Å². The van der Waals surface area contributed by atoms with Crippen LogP contribution in [0.4, 0.5) is 4.79 Å². The molecule has 8 heteroatoms. The number of urea groups is 1.